The Morgan fingerprint density at radius 3 is 2.00 bits per heavy atom. The first-order valence-corrected chi connectivity index (χ1v) is 8.41. The van der Waals surface area contributed by atoms with Crippen LogP contribution in [0.5, 0.6) is 0 Å². The van der Waals surface area contributed by atoms with Crippen LogP contribution in [0.25, 0.3) is 0 Å². The van der Waals surface area contributed by atoms with Crippen molar-refractivity contribution in [2.45, 2.75) is 6.42 Å². The highest BCUT2D eigenvalue weighted by atomic mass is 16.2. The molecular weight excluding hydrogens is 346 g/mol. The molecule has 1 heterocycles. The number of likely N-dealkylation sites (N-methyl/N-ethyl adjacent to an activating group) is 1. The highest BCUT2D eigenvalue weighted by Gasteiger charge is 2.36. The maximum atomic E-state index is 12.3. The van der Waals surface area contributed by atoms with Crippen molar-refractivity contribution in [1.29, 1.82) is 0 Å². The first-order chi connectivity index (χ1) is 12.9. The molecule has 27 heavy (non-hydrogen) atoms. The molecule has 2 aromatic carbocycles. The Balaban J connectivity index is 1.61. The molecule has 1 N–H and O–H groups in total. The van der Waals surface area contributed by atoms with Crippen LogP contribution in [0.1, 0.15) is 26.3 Å². The van der Waals surface area contributed by atoms with Crippen molar-refractivity contribution in [3.8, 4) is 0 Å². The fourth-order valence-corrected chi connectivity index (χ4v) is 2.77. The summed E-state index contributed by atoms with van der Waals surface area (Å²) in [5.74, 6) is -1.43. The fourth-order valence-electron chi connectivity index (χ4n) is 2.77. The smallest absolute Gasteiger partial charge is 0.262 e. The van der Waals surface area contributed by atoms with E-state index in [4.69, 9.17) is 0 Å². The van der Waals surface area contributed by atoms with Gasteiger partial charge in [0.2, 0.25) is 11.8 Å². The predicted molar refractivity (Wildman–Crippen MR) is 99.3 cm³/mol. The minimum Gasteiger partial charge on any atom is -0.349 e. The van der Waals surface area contributed by atoms with Crippen LogP contribution in [-0.4, -0.2) is 54.1 Å². The minimum absolute atomic E-state index is 0.0163. The summed E-state index contributed by atoms with van der Waals surface area (Å²) in [6, 6.07) is 13.4. The van der Waals surface area contributed by atoms with Gasteiger partial charge >= 0.3 is 0 Å². The summed E-state index contributed by atoms with van der Waals surface area (Å²) in [5, 5.41) is 2.66. The number of carbonyl (C=O) groups excluding carboxylic acids is 4. The molecule has 138 valence electrons. The Bertz CT molecular complexity index is 884. The molecule has 1 aliphatic heterocycles. The summed E-state index contributed by atoms with van der Waals surface area (Å²) >= 11 is 0. The van der Waals surface area contributed by atoms with Gasteiger partial charge < -0.3 is 10.2 Å². The number of nitrogens with one attached hydrogen (secondary N) is 1. The van der Waals surface area contributed by atoms with Gasteiger partial charge in [0.15, 0.2) is 0 Å². The Hall–Kier alpha value is -3.48. The van der Waals surface area contributed by atoms with Crippen molar-refractivity contribution in [1.82, 2.24) is 9.80 Å². The number of nitrogens with zero attached hydrogens (tertiary/aromatic N) is 2. The summed E-state index contributed by atoms with van der Waals surface area (Å²) in [4.78, 5) is 51.0. The van der Waals surface area contributed by atoms with Gasteiger partial charge in [-0.05, 0) is 29.8 Å². The van der Waals surface area contributed by atoms with Gasteiger partial charge in [0, 0.05) is 19.8 Å². The lowest BCUT2D eigenvalue weighted by molar-refractivity contribution is -0.128. The van der Waals surface area contributed by atoms with Crippen LogP contribution in [0, 0.1) is 0 Å². The number of carbonyl (C=O) groups is 4. The Labute approximate surface area is 156 Å². The number of anilines is 1. The van der Waals surface area contributed by atoms with E-state index in [1.165, 1.54) is 4.90 Å². The largest absolute Gasteiger partial charge is 0.349 e. The van der Waals surface area contributed by atoms with Crippen LogP contribution in [0.2, 0.25) is 0 Å². The second-order valence-electron chi connectivity index (χ2n) is 6.45. The van der Waals surface area contributed by atoms with Crippen LogP contribution in [0.4, 0.5) is 5.69 Å². The molecule has 2 aromatic rings. The monoisotopic (exact) mass is 365 g/mol. The number of amides is 4. The van der Waals surface area contributed by atoms with E-state index in [1.807, 2.05) is 0 Å². The van der Waals surface area contributed by atoms with Gasteiger partial charge in [0.1, 0.15) is 6.54 Å². The lowest BCUT2D eigenvalue weighted by Gasteiger charge is -2.14. The van der Waals surface area contributed by atoms with E-state index < -0.39 is 17.7 Å². The lowest BCUT2D eigenvalue weighted by atomic mass is 10.1. The zero-order valence-corrected chi connectivity index (χ0v) is 15.1. The maximum absolute atomic E-state index is 12.3. The predicted octanol–water partition coefficient (Wildman–Crippen LogP) is 1.55. The van der Waals surface area contributed by atoms with E-state index >= 15 is 0 Å². The third kappa shape index (κ3) is 3.87. The van der Waals surface area contributed by atoms with Gasteiger partial charge in [0.25, 0.3) is 11.8 Å². The van der Waals surface area contributed by atoms with Crippen LogP contribution in [0.3, 0.4) is 0 Å². The molecule has 0 saturated heterocycles. The normalized spacial score (nSPS) is 12.7. The van der Waals surface area contributed by atoms with Crippen molar-refractivity contribution in [2.24, 2.45) is 0 Å². The van der Waals surface area contributed by atoms with Gasteiger partial charge in [-0.3, -0.25) is 24.1 Å². The number of imide groups is 1. The SMILES string of the molecule is CN(C)C(=O)Cc1ccc(NC(=O)CN2C(=O)c3ccccc3C2=O)cc1. The molecule has 0 saturated carbocycles. The molecule has 1 aliphatic rings. The van der Waals surface area contributed by atoms with Crippen molar-refractivity contribution in [3.05, 3.63) is 65.2 Å². The second-order valence-corrected chi connectivity index (χ2v) is 6.45. The highest BCUT2D eigenvalue weighted by Crippen LogP contribution is 2.22. The molecule has 7 nitrogen and oxygen atoms in total. The van der Waals surface area contributed by atoms with E-state index in [0.29, 0.717) is 16.8 Å². The van der Waals surface area contributed by atoms with E-state index in [-0.39, 0.29) is 18.9 Å². The van der Waals surface area contributed by atoms with Gasteiger partial charge in [-0.1, -0.05) is 24.3 Å². The molecule has 0 aromatic heterocycles. The quantitative estimate of drug-likeness (QED) is 0.815. The zero-order chi connectivity index (χ0) is 19.6. The molecule has 0 bridgehead atoms. The summed E-state index contributed by atoms with van der Waals surface area (Å²) < 4.78 is 0. The van der Waals surface area contributed by atoms with Crippen LogP contribution in [-0.2, 0) is 16.0 Å². The van der Waals surface area contributed by atoms with Crippen LogP contribution < -0.4 is 5.32 Å². The number of fused-ring (bicyclic) bond motifs is 1. The summed E-state index contributed by atoms with van der Waals surface area (Å²) in [6.07, 6.45) is 0.274. The van der Waals surface area contributed by atoms with Crippen molar-refractivity contribution in [2.75, 3.05) is 26.0 Å². The molecule has 0 unspecified atom stereocenters. The third-order valence-electron chi connectivity index (χ3n) is 4.27. The van der Waals surface area contributed by atoms with Crippen LogP contribution in [0.15, 0.2) is 48.5 Å². The Morgan fingerprint density at radius 1 is 0.926 bits per heavy atom. The van der Waals surface area contributed by atoms with E-state index in [0.717, 1.165) is 10.5 Å². The summed E-state index contributed by atoms with van der Waals surface area (Å²) in [6.45, 7) is -0.354. The molecule has 0 fully saturated rings. The van der Waals surface area contributed by atoms with Gasteiger partial charge in [-0.2, -0.15) is 0 Å². The number of benzene rings is 2. The Morgan fingerprint density at radius 2 is 1.48 bits per heavy atom. The topological polar surface area (TPSA) is 86.8 Å². The van der Waals surface area contributed by atoms with Gasteiger partial charge in [-0.25, -0.2) is 0 Å². The average molecular weight is 365 g/mol. The van der Waals surface area contributed by atoms with E-state index in [2.05, 4.69) is 5.32 Å². The van der Waals surface area contributed by atoms with Crippen LogP contribution >= 0.6 is 0 Å². The van der Waals surface area contributed by atoms with Crippen molar-refractivity contribution in [3.63, 3.8) is 0 Å². The number of hydrogen-bond acceptors (Lipinski definition) is 4. The fraction of sp³-hybridized carbons (Fsp3) is 0.200. The van der Waals surface area contributed by atoms with E-state index in [1.54, 1.807) is 62.6 Å². The van der Waals surface area contributed by atoms with E-state index in [9.17, 15) is 19.2 Å². The molecule has 0 spiro atoms. The van der Waals surface area contributed by atoms with Gasteiger partial charge in [0.05, 0.1) is 17.5 Å². The number of rotatable bonds is 5. The maximum Gasteiger partial charge on any atom is 0.262 e. The lowest BCUT2D eigenvalue weighted by Crippen LogP contribution is -2.37. The molecular formula is C20H19N3O4. The summed E-state index contributed by atoms with van der Waals surface area (Å²) in [5.41, 5.74) is 1.97. The third-order valence-corrected chi connectivity index (χ3v) is 4.27. The minimum atomic E-state index is -0.471. The number of hydrogen-bond donors (Lipinski definition) is 1. The van der Waals surface area contributed by atoms with Gasteiger partial charge in [-0.15, -0.1) is 0 Å². The first-order valence-electron chi connectivity index (χ1n) is 8.41. The standard InChI is InChI=1S/C20H19N3O4/c1-22(2)18(25)11-13-7-9-14(10-8-13)21-17(24)12-23-19(26)15-5-3-4-6-16(15)20(23)27/h3-10H,11-12H2,1-2H3,(H,21,24). The zero-order valence-electron chi connectivity index (χ0n) is 15.1. The van der Waals surface area contributed by atoms with Crippen molar-refractivity contribution >= 4 is 29.3 Å². The van der Waals surface area contributed by atoms with Crippen molar-refractivity contribution < 1.29 is 19.2 Å². The highest BCUT2D eigenvalue weighted by molar-refractivity contribution is 6.22. The second kappa shape index (κ2) is 7.41. The Kier molecular flexibility index (Phi) is 5.03. The molecule has 0 aliphatic carbocycles. The molecule has 3 rings (SSSR count). The average Bonchev–Trinajstić information content (AvgIpc) is 2.88. The molecule has 0 atom stereocenters. The first kappa shape index (κ1) is 18.3. The molecule has 0 radical (unpaired) electrons. The summed E-state index contributed by atoms with van der Waals surface area (Å²) in [7, 11) is 3.38. The molecule has 7 heteroatoms. The molecule has 4 amide bonds.